The number of benzene rings is 1. The lowest BCUT2D eigenvalue weighted by Gasteiger charge is -2.10. The molecule has 5 nitrogen and oxygen atoms in total. The summed E-state index contributed by atoms with van der Waals surface area (Å²) in [5.41, 5.74) is -0.280. The molecular weight excluding hydrogens is 407 g/mol. The van der Waals surface area contributed by atoms with Crippen LogP contribution in [0.3, 0.4) is 0 Å². The van der Waals surface area contributed by atoms with E-state index in [4.69, 9.17) is 11.6 Å². The second-order valence-corrected chi connectivity index (χ2v) is 6.06. The Bertz CT molecular complexity index is 998. The van der Waals surface area contributed by atoms with Crippen molar-refractivity contribution in [3.05, 3.63) is 78.5 Å². The van der Waals surface area contributed by atoms with Crippen molar-refractivity contribution in [1.29, 1.82) is 0 Å². The van der Waals surface area contributed by atoms with Crippen molar-refractivity contribution in [2.24, 2.45) is 0 Å². The molecule has 0 atom stereocenters. The molecule has 0 bridgehead atoms. The van der Waals surface area contributed by atoms with Crippen LogP contribution in [0.2, 0.25) is 5.02 Å². The summed E-state index contributed by atoms with van der Waals surface area (Å²) in [6, 6.07) is 7.14. The topological polar surface area (TPSA) is 63.7 Å². The third-order valence-electron chi connectivity index (χ3n) is 3.28. The van der Waals surface area contributed by atoms with Gasteiger partial charge in [0.15, 0.2) is 11.3 Å². The number of nitrogens with zero attached hydrogens (tertiary/aromatic N) is 2. The van der Waals surface area contributed by atoms with E-state index in [-0.39, 0.29) is 22.4 Å². The fraction of sp³-hybridized carbons (Fsp3) is 0.0667. The van der Waals surface area contributed by atoms with Crippen LogP contribution in [-0.2, 0) is 6.54 Å². The summed E-state index contributed by atoms with van der Waals surface area (Å²) in [4.78, 5) is 24.3. The van der Waals surface area contributed by atoms with Crippen molar-refractivity contribution in [1.82, 2.24) is 8.97 Å². The maximum Gasteiger partial charge on any atom is 0.279 e. The SMILES string of the molecule is Cl.O=c1c(Br)cn2ccn(Cc3cccc(Cl)c3)c(=O)c2c1O. The maximum atomic E-state index is 12.5. The third-order valence-corrected chi connectivity index (χ3v) is 4.08. The van der Waals surface area contributed by atoms with Gasteiger partial charge in [0.1, 0.15) is 0 Å². The van der Waals surface area contributed by atoms with Gasteiger partial charge in [0, 0.05) is 23.6 Å². The van der Waals surface area contributed by atoms with Gasteiger partial charge < -0.3 is 14.1 Å². The predicted octanol–water partition coefficient (Wildman–Crippen LogP) is 3.05. The molecule has 120 valence electrons. The van der Waals surface area contributed by atoms with E-state index in [2.05, 4.69) is 15.9 Å². The minimum absolute atomic E-state index is 0. The standard InChI is InChI=1S/C15H10BrClN2O3.ClH/c16-11-8-18-4-5-19(7-9-2-1-3-10(17)6-9)15(22)12(18)14(21)13(11)20;/h1-6,8,21H,7H2;1H. The molecule has 2 aromatic heterocycles. The molecular formula is C15H11BrCl2N2O3. The number of aromatic nitrogens is 2. The molecule has 0 unspecified atom stereocenters. The molecule has 0 aliphatic carbocycles. The number of halogens is 3. The van der Waals surface area contributed by atoms with Gasteiger partial charge in [-0.3, -0.25) is 9.59 Å². The fourth-order valence-corrected chi connectivity index (χ4v) is 2.85. The lowest BCUT2D eigenvalue weighted by Crippen LogP contribution is -2.24. The predicted molar refractivity (Wildman–Crippen MR) is 95.1 cm³/mol. The highest BCUT2D eigenvalue weighted by Crippen LogP contribution is 2.15. The molecule has 1 N–H and O–H groups in total. The van der Waals surface area contributed by atoms with Crippen LogP contribution in [0, 0.1) is 0 Å². The van der Waals surface area contributed by atoms with Crippen molar-refractivity contribution in [3.8, 4) is 5.75 Å². The van der Waals surface area contributed by atoms with E-state index in [1.54, 1.807) is 30.6 Å². The zero-order valence-corrected chi connectivity index (χ0v) is 14.7. The van der Waals surface area contributed by atoms with Gasteiger partial charge in [0.05, 0.1) is 11.0 Å². The molecule has 0 aliphatic heterocycles. The number of hydrogen-bond donors (Lipinski definition) is 1. The van der Waals surface area contributed by atoms with E-state index in [1.165, 1.54) is 15.2 Å². The summed E-state index contributed by atoms with van der Waals surface area (Å²) in [6.07, 6.45) is 4.64. The van der Waals surface area contributed by atoms with Gasteiger partial charge in [0.2, 0.25) is 5.43 Å². The van der Waals surface area contributed by atoms with Crippen LogP contribution >= 0.6 is 39.9 Å². The number of pyridine rings is 1. The minimum atomic E-state index is -0.613. The average Bonchev–Trinajstić information content (AvgIpc) is 2.48. The van der Waals surface area contributed by atoms with Gasteiger partial charge in [-0.1, -0.05) is 23.7 Å². The second kappa shape index (κ2) is 6.78. The highest BCUT2D eigenvalue weighted by atomic mass is 79.9. The first kappa shape index (κ1) is 17.6. The van der Waals surface area contributed by atoms with Gasteiger partial charge in [-0.15, -0.1) is 12.4 Å². The van der Waals surface area contributed by atoms with Crippen LogP contribution in [0.1, 0.15) is 5.56 Å². The molecule has 0 aliphatic rings. The first-order valence-electron chi connectivity index (χ1n) is 6.34. The first-order chi connectivity index (χ1) is 10.5. The maximum absolute atomic E-state index is 12.5. The van der Waals surface area contributed by atoms with E-state index in [9.17, 15) is 14.7 Å². The number of hydrogen-bond acceptors (Lipinski definition) is 3. The Balaban J connectivity index is 0.00000192. The third kappa shape index (κ3) is 3.29. The molecule has 0 radical (unpaired) electrons. The van der Waals surface area contributed by atoms with Crippen molar-refractivity contribution < 1.29 is 5.11 Å². The van der Waals surface area contributed by atoms with Crippen molar-refractivity contribution in [2.75, 3.05) is 0 Å². The van der Waals surface area contributed by atoms with E-state index in [0.717, 1.165) is 5.56 Å². The summed E-state index contributed by atoms with van der Waals surface area (Å²) in [6.45, 7) is 0.291. The molecule has 0 amide bonds. The van der Waals surface area contributed by atoms with Crippen molar-refractivity contribution in [3.63, 3.8) is 0 Å². The van der Waals surface area contributed by atoms with Crippen LogP contribution in [0.4, 0.5) is 0 Å². The molecule has 0 spiro atoms. The smallest absolute Gasteiger partial charge is 0.279 e. The Morgan fingerprint density at radius 2 is 1.96 bits per heavy atom. The summed E-state index contributed by atoms with van der Waals surface area (Å²) in [5, 5.41) is 10.5. The summed E-state index contributed by atoms with van der Waals surface area (Å²) in [7, 11) is 0. The van der Waals surface area contributed by atoms with Gasteiger partial charge in [-0.2, -0.15) is 0 Å². The molecule has 0 saturated carbocycles. The minimum Gasteiger partial charge on any atom is -0.503 e. The van der Waals surface area contributed by atoms with Crippen LogP contribution in [-0.4, -0.2) is 14.1 Å². The molecule has 3 aromatic rings. The molecule has 1 aromatic carbocycles. The van der Waals surface area contributed by atoms with Gasteiger partial charge in [-0.25, -0.2) is 0 Å². The highest BCUT2D eigenvalue weighted by Gasteiger charge is 2.13. The fourth-order valence-electron chi connectivity index (χ4n) is 2.23. The Morgan fingerprint density at radius 1 is 1.22 bits per heavy atom. The van der Waals surface area contributed by atoms with E-state index < -0.39 is 16.7 Å². The number of aromatic hydroxyl groups is 1. The Kier molecular flexibility index (Phi) is 5.19. The molecule has 3 rings (SSSR count). The average molecular weight is 418 g/mol. The molecule has 2 heterocycles. The van der Waals surface area contributed by atoms with Gasteiger partial charge in [0.25, 0.3) is 5.56 Å². The highest BCUT2D eigenvalue weighted by molar-refractivity contribution is 9.10. The van der Waals surface area contributed by atoms with Crippen molar-refractivity contribution in [2.45, 2.75) is 6.54 Å². The van der Waals surface area contributed by atoms with Gasteiger partial charge >= 0.3 is 0 Å². The lowest BCUT2D eigenvalue weighted by molar-refractivity contribution is 0.471. The zero-order valence-electron chi connectivity index (χ0n) is 11.6. The first-order valence-corrected chi connectivity index (χ1v) is 7.52. The van der Waals surface area contributed by atoms with E-state index >= 15 is 0 Å². The van der Waals surface area contributed by atoms with E-state index in [1.807, 2.05) is 6.07 Å². The molecule has 0 fully saturated rings. The normalized spacial score (nSPS) is 10.5. The Labute approximate surface area is 150 Å². The van der Waals surface area contributed by atoms with Crippen LogP contribution in [0.25, 0.3) is 5.52 Å². The summed E-state index contributed by atoms with van der Waals surface area (Å²) >= 11 is 8.99. The monoisotopic (exact) mass is 416 g/mol. The molecule has 8 heteroatoms. The van der Waals surface area contributed by atoms with Crippen LogP contribution in [0.5, 0.6) is 5.75 Å². The second-order valence-electron chi connectivity index (χ2n) is 4.77. The Hall–Kier alpha value is -1.76. The van der Waals surface area contributed by atoms with Crippen LogP contribution < -0.4 is 11.0 Å². The number of rotatable bonds is 2. The van der Waals surface area contributed by atoms with E-state index in [0.29, 0.717) is 11.6 Å². The molecule has 23 heavy (non-hydrogen) atoms. The quantitative estimate of drug-likeness (QED) is 0.696. The zero-order chi connectivity index (χ0) is 15.9. The molecule has 0 saturated heterocycles. The van der Waals surface area contributed by atoms with Crippen LogP contribution in [0.15, 0.2) is 56.9 Å². The van der Waals surface area contributed by atoms with Crippen molar-refractivity contribution >= 4 is 45.5 Å². The van der Waals surface area contributed by atoms with Gasteiger partial charge in [-0.05, 0) is 33.6 Å². The largest absolute Gasteiger partial charge is 0.503 e. The Morgan fingerprint density at radius 3 is 2.65 bits per heavy atom. The lowest BCUT2D eigenvalue weighted by atomic mass is 10.2. The summed E-state index contributed by atoms with van der Waals surface area (Å²) < 4.78 is 3.01. The number of fused-ring (bicyclic) bond motifs is 1. The summed E-state index contributed by atoms with van der Waals surface area (Å²) in [5.74, 6) is -0.570.